The fourth-order valence-electron chi connectivity index (χ4n) is 1.80. The zero-order valence-electron chi connectivity index (χ0n) is 10.3. The van der Waals surface area contributed by atoms with Crippen molar-refractivity contribution in [2.24, 2.45) is 7.05 Å². The first-order valence-corrected chi connectivity index (χ1v) is 5.79. The Kier molecular flexibility index (Phi) is 2.85. The third-order valence-electron chi connectivity index (χ3n) is 2.84. The Bertz CT molecular complexity index is 675. The van der Waals surface area contributed by atoms with Crippen LogP contribution in [0.15, 0.2) is 47.4 Å². The lowest BCUT2D eigenvalue weighted by atomic mass is 10.1. The van der Waals surface area contributed by atoms with E-state index in [1.165, 1.54) is 0 Å². The molecule has 1 aromatic carbocycles. The molecule has 6 heteroatoms. The molecule has 0 aliphatic carbocycles. The van der Waals surface area contributed by atoms with Crippen LogP contribution in [-0.4, -0.2) is 24.8 Å². The third kappa shape index (κ3) is 2.13. The first-order valence-electron chi connectivity index (χ1n) is 5.79. The molecule has 0 amide bonds. The van der Waals surface area contributed by atoms with Crippen LogP contribution < -0.4 is 0 Å². The normalized spacial score (nSPS) is 12.5. The van der Waals surface area contributed by atoms with Crippen molar-refractivity contribution in [3.8, 4) is 11.5 Å². The number of aryl methyl sites for hydroxylation is 1. The average molecular weight is 256 g/mol. The maximum Gasteiger partial charge on any atom is 0.260 e. The highest BCUT2D eigenvalue weighted by atomic mass is 16.5. The molecule has 1 N–H and O–H groups in total. The molecule has 19 heavy (non-hydrogen) atoms. The fourth-order valence-corrected chi connectivity index (χ4v) is 1.80. The lowest BCUT2D eigenvalue weighted by Gasteiger charge is -2.04. The smallest absolute Gasteiger partial charge is 0.260 e. The van der Waals surface area contributed by atoms with Gasteiger partial charge in [-0.15, -0.1) is 0 Å². The number of rotatable bonds is 3. The number of aliphatic hydroxyl groups excluding tert-OH is 1. The van der Waals surface area contributed by atoms with Gasteiger partial charge < -0.3 is 14.2 Å². The Hall–Kier alpha value is -2.47. The molecular formula is C13H12N4O2. The molecule has 0 aliphatic heterocycles. The molecule has 0 aliphatic rings. The number of imidazole rings is 1. The van der Waals surface area contributed by atoms with E-state index in [4.69, 9.17) is 4.52 Å². The standard InChI is InChI=1S/C13H12N4O2/c1-17-8-14-7-10(17)12-15-13(19-16-12)11(18)9-5-3-2-4-6-9/h2-8,11,18H,1H3. The van der Waals surface area contributed by atoms with E-state index >= 15 is 0 Å². The van der Waals surface area contributed by atoms with Gasteiger partial charge in [0.2, 0.25) is 5.82 Å². The second-order valence-electron chi connectivity index (χ2n) is 4.16. The summed E-state index contributed by atoms with van der Waals surface area (Å²) in [7, 11) is 1.84. The van der Waals surface area contributed by atoms with Crippen molar-refractivity contribution in [3.63, 3.8) is 0 Å². The second-order valence-corrected chi connectivity index (χ2v) is 4.16. The zero-order chi connectivity index (χ0) is 13.2. The summed E-state index contributed by atoms with van der Waals surface area (Å²) in [5.74, 6) is 0.576. The van der Waals surface area contributed by atoms with Crippen LogP contribution in [0, 0.1) is 0 Å². The van der Waals surface area contributed by atoms with Crippen LogP contribution in [-0.2, 0) is 7.05 Å². The highest BCUT2D eigenvalue weighted by Crippen LogP contribution is 2.22. The summed E-state index contributed by atoms with van der Waals surface area (Å²) in [5, 5.41) is 14.0. The summed E-state index contributed by atoms with van der Waals surface area (Å²) in [6.45, 7) is 0. The lowest BCUT2D eigenvalue weighted by Crippen LogP contribution is -1.99. The molecule has 0 spiro atoms. The van der Waals surface area contributed by atoms with Gasteiger partial charge in [0.05, 0.1) is 12.5 Å². The van der Waals surface area contributed by atoms with Gasteiger partial charge in [0.25, 0.3) is 5.89 Å². The molecule has 0 saturated heterocycles. The predicted molar refractivity (Wildman–Crippen MR) is 67.0 cm³/mol. The van der Waals surface area contributed by atoms with Crippen molar-refractivity contribution in [1.29, 1.82) is 0 Å². The van der Waals surface area contributed by atoms with Gasteiger partial charge in [0.15, 0.2) is 6.10 Å². The SMILES string of the molecule is Cn1cncc1-c1noc(C(O)c2ccccc2)n1. The fraction of sp³-hybridized carbons (Fsp3) is 0.154. The summed E-state index contributed by atoms with van der Waals surface area (Å²) in [4.78, 5) is 8.19. The number of aromatic nitrogens is 4. The van der Waals surface area contributed by atoms with Gasteiger partial charge in [-0.3, -0.25) is 0 Å². The van der Waals surface area contributed by atoms with E-state index in [1.54, 1.807) is 29.2 Å². The molecule has 2 aromatic heterocycles. The minimum absolute atomic E-state index is 0.169. The minimum Gasteiger partial charge on any atom is -0.378 e. The van der Waals surface area contributed by atoms with E-state index in [0.29, 0.717) is 11.4 Å². The highest BCUT2D eigenvalue weighted by Gasteiger charge is 2.19. The van der Waals surface area contributed by atoms with Crippen molar-refractivity contribution in [2.75, 3.05) is 0 Å². The first-order chi connectivity index (χ1) is 9.25. The molecular weight excluding hydrogens is 244 g/mol. The maximum absolute atomic E-state index is 10.2. The van der Waals surface area contributed by atoms with Crippen LogP contribution in [0.4, 0.5) is 0 Å². The Morgan fingerprint density at radius 1 is 1.26 bits per heavy atom. The van der Waals surface area contributed by atoms with Crippen molar-refractivity contribution in [1.82, 2.24) is 19.7 Å². The lowest BCUT2D eigenvalue weighted by molar-refractivity contribution is 0.170. The Balaban J connectivity index is 1.92. The van der Waals surface area contributed by atoms with Gasteiger partial charge in [0, 0.05) is 7.05 Å². The van der Waals surface area contributed by atoms with Crippen LogP contribution in [0.2, 0.25) is 0 Å². The van der Waals surface area contributed by atoms with Gasteiger partial charge in [-0.05, 0) is 5.56 Å². The summed E-state index contributed by atoms with van der Waals surface area (Å²) in [6, 6.07) is 9.18. The maximum atomic E-state index is 10.2. The molecule has 0 radical (unpaired) electrons. The van der Waals surface area contributed by atoms with Crippen LogP contribution in [0.5, 0.6) is 0 Å². The zero-order valence-corrected chi connectivity index (χ0v) is 10.3. The molecule has 6 nitrogen and oxygen atoms in total. The average Bonchev–Trinajstić information content (AvgIpc) is 3.07. The van der Waals surface area contributed by atoms with Gasteiger partial charge in [-0.1, -0.05) is 35.5 Å². The molecule has 0 saturated carbocycles. The monoisotopic (exact) mass is 256 g/mol. The number of hydrogen-bond acceptors (Lipinski definition) is 5. The molecule has 1 atom stereocenters. The summed E-state index contributed by atoms with van der Waals surface area (Å²) in [5.41, 5.74) is 1.44. The van der Waals surface area contributed by atoms with E-state index in [2.05, 4.69) is 15.1 Å². The summed E-state index contributed by atoms with van der Waals surface area (Å²) >= 11 is 0. The topological polar surface area (TPSA) is 77.0 Å². The van der Waals surface area contributed by atoms with Crippen molar-refractivity contribution < 1.29 is 9.63 Å². The van der Waals surface area contributed by atoms with Crippen LogP contribution >= 0.6 is 0 Å². The van der Waals surface area contributed by atoms with E-state index in [-0.39, 0.29) is 5.89 Å². The van der Waals surface area contributed by atoms with E-state index in [0.717, 1.165) is 5.69 Å². The highest BCUT2D eigenvalue weighted by molar-refractivity contribution is 5.47. The molecule has 96 valence electrons. The first kappa shape index (κ1) is 11.6. The minimum atomic E-state index is -0.921. The van der Waals surface area contributed by atoms with Gasteiger partial charge in [-0.25, -0.2) is 4.98 Å². The number of aliphatic hydroxyl groups is 1. The molecule has 3 rings (SSSR count). The molecule has 0 fully saturated rings. The Morgan fingerprint density at radius 3 is 2.74 bits per heavy atom. The number of nitrogens with zero attached hydrogens (tertiary/aromatic N) is 4. The van der Waals surface area contributed by atoms with Gasteiger partial charge >= 0.3 is 0 Å². The summed E-state index contributed by atoms with van der Waals surface area (Å²) in [6.07, 6.45) is 2.37. The summed E-state index contributed by atoms with van der Waals surface area (Å²) < 4.78 is 6.89. The third-order valence-corrected chi connectivity index (χ3v) is 2.84. The quantitative estimate of drug-likeness (QED) is 0.769. The molecule has 1 unspecified atom stereocenters. The van der Waals surface area contributed by atoms with Crippen LogP contribution in [0.1, 0.15) is 17.6 Å². The van der Waals surface area contributed by atoms with Crippen molar-refractivity contribution in [3.05, 3.63) is 54.3 Å². The Morgan fingerprint density at radius 2 is 2.05 bits per heavy atom. The molecule has 2 heterocycles. The van der Waals surface area contributed by atoms with Crippen molar-refractivity contribution >= 4 is 0 Å². The second kappa shape index (κ2) is 4.66. The van der Waals surface area contributed by atoms with Crippen molar-refractivity contribution in [2.45, 2.75) is 6.10 Å². The van der Waals surface area contributed by atoms with E-state index in [9.17, 15) is 5.11 Å². The van der Waals surface area contributed by atoms with Crippen LogP contribution in [0.3, 0.4) is 0 Å². The van der Waals surface area contributed by atoms with Gasteiger partial charge in [-0.2, -0.15) is 4.98 Å². The Labute approximate surface area is 109 Å². The predicted octanol–water partition coefficient (Wildman–Crippen LogP) is 1.55. The molecule has 0 bridgehead atoms. The molecule has 3 aromatic rings. The largest absolute Gasteiger partial charge is 0.378 e. The number of benzene rings is 1. The number of hydrogen-bond donors (Lipinski definition) is 1. The van der Waals surface area contributed by atoms with Crippen LogP contribution in [0.25, 0.3) is 11.5 Å². The van der Waals surface area contributed by atoms with E-state index < -0.39 is 6.10 Å². The van der Waals surface area contributed by atoms with E-state index in [1.807, 2.05) is 25.2 Å². The van der Waals surface area contributed by atoms with Gasteiger partial charge in [0.1, 0.15) is 5.69 Å².